The van der Waals surface area contributed by atoms with Crippen LogP contribution in [0.2, 0.25) is 0 Å². The molecule has 1 N–H and O–H groups in total. The topological polar surface area (TPSA) is 73.2 Å². The molecule has 0 radical (unpaired) electrons. The molecule has 9 heteroatoms. The number of benzene rings is 2. The lowest BCUT2D eigenvalue weighted by Crippen LogP contribution is -2.37. The number of hydrogen-bond donors (Lipinski definition) is 1. The van der Waals surface area contributed by atoms with Gasteiger partial charge in [-0.25, -0.2) is 4.98 Å². The second kappa shape index (κ2) is 8.41. The van der Waals surface area contributed by atoms with Crippen LogP contribution in [-0.4, -0.2) is 22.6 Å². The number of anilines is 1. The molecule has 1 aromatic heterocycles. The largest absolute Gasteiger partial charge is 0.495 e. The molecule has 6 nitrogen and oxygen atoms in total. The molecule has 0 aliphatic rings. The Balaban J connectivity index is 2.22. The van der Waals surface area contributed by atoms with E-state index in [1.54, 1.807) is 51.1 Å². The number of ether oxygens (including phenoxy) is 1. The van der Waals surface area contributed by atoms with Gasteiger partial charge in [-0.15, -0.1) is 0 Å². The highest BCUT2D eigenvalue weighted by Gasteiger charge is 2.39. The molecule has 0 aliphatic carbocycles. The number of aryl methyl sites for hydroxylation is 2. The van der Waals surface area contributed by atoms with Crippen LogP contribution in [0.1, 0.15) is 36.2 Å². The number of amides is 1. The molecule has 0 unspecified atom stereocenters. The number of methoxy groups -OCH3 is 1. The third-order valence-corrected chi connectivity index (χ3v) is 5.14. The third kappa shape index (κ3) is 4.26. The van der Waals surface area contributed by atoms with E-state index in [0.29, 0.717) is 11.4 Å². The smallest absolute Gasteiger partial charge is 0.438 e. The number of halogens is 3. The number of alkyl halides is 3. The van der Waals surface area contributed by atoms with Crippen molar-refractivity contribution < 1.29 is 22.7 Å². The molecule has 0 bridgehead atoms. The predicted molar refractivity (Wildman–Crippen MR) is 111 cm³/mol. The number of nitrogens with one attached hydrogen (secondary N) is 1. The van der Waals surface area contributed by atoms with Gasteiger partial charge >= 0.3 is 6.18 Å². The van der Waals surface area contributed by atoms with E-state index >= 15 is 0 Å². The number of carbonyl (C=O) groups is 1. The third-order valence-electron chi connectivity index (χ3n) is 5.14. The van der Waals surface area contributed by atoms with Crippen LogP contribution in [0.25, 0.3) is 11.0 Å². The Morgan fingerprint density at radius 3 is 2.45 bits per heavy atom. The van der Waals surface area contributed by atoms with Gasteiger partial charge in [0.1, 0.15) is 11.8 Å². The van der Waals surface area contributed by atoms with Crippen molar-refractivity contribution in [3.8, 4) is 5.75 Å². The van der Waals surface area contributed by atoms with Crippen molar-refractivity contribution in [3.63, 3.8) is 0 Å². The van der Waals surface area contributed by atoms with E-state index in [4.69, 9.17) is 4.74 Å². The van der Waals surface area contributed by atoms with Crippen LogP contribution >= 0.6 is 0 Å². The van der Waals surface area contributed by atoms with Gasteiger partial charge in [0.05, 0.1) is 23.8 Å². The summed E-state index contributed by atoms with van der Waals surface area (Å²) in [6, 6.07) is 8.52. The Morgan fingerprint density at radius 1 is 1.19 bits per heavy atom. The maximum Gasteiger partial charge on any atom is 0.438 e. The molecule has 3 rings (SSSR count). The minimum atomic E-state index is -4.96. The van der Waals surface area contributed by atoms with Crippen molar-refractivity contribution in [2.75, 3.05) is 12.4 Å². The lowest BCUT2D eigenvalue weighted by Gasteiger charge is -2.22. The summed E-state index contributed by atoms with van der Waals surface area (Å²) >= 11 is 0. The monoisotopic (exact) mass is 433 g/mol. The van der Waals surface area contributed by atoms with Gasteiger partial charge in [0.15, 0.2) is 0 Å². The van der Waals surface area contributed by atoms with E-state index in [2.05, 4.69) is 10.3 Å². The summed E-state index contributed by atoms with van der Waals surface area (Å²) in [6.07, 6.45) is -4.87. The molecule has 3 aromatic rings. The molecule has 0 saturated carbocycles. The van der Waals surface area contributed by atoms with Gasteiger partial charge in [0, 0.05) is 0 Å². The molecule has 1 amide bonds. The van der Waals surface area contributed by atoms with Gasteiger partial charge < -0.3 is 10.1 Å². The van der Waals surface area contributed by atoms with Crippen molar-refractivity contribution in [1.82, 2.24) is 9.55 Å². The van der Waals surface area contributed by atoms with Crippen LogP contribution < -0.4 is 15.6 Å². The van der Waals surface area contributed by atoms with Crippen molar-refractivity contribution in [3.05, 3.63) is 63.6 Å². The molecule has 0 fully saturated rings. The summed E-state index contributed by atoms with van der Waals surface area (Å²) in [5.74, 6) is -0.243. The van der Waals surface area contributed by atoms with Gasteiger partial charge in [0.2, 0.25) is 11.6 Å². The minimum absolute atomic E-state index is 0.00133. The molecule has 0 saturated heterocycles. The van der Waals surface area contributed by atoms with Crippen molar-refractivity contribution in [2.24, 2.45) is 0 Å². The first-order chi connectivity index (χ1) is 14.6. The number of nitrogens with zero attached hydrogens (tertiary/aromatic N) is 2. The van der Waals surface area contributed by atoms with Crippen molar-refractivity contribution >= 4 is 22.6 Å². The minimum Gasteiger partial charge on any atom is -0.495 e. The van der Waals surface area contributed by atoms with E-state index in [1.807, 2.05) is 0 Å². The van der Waals surface area contributed by atoms with E-state index in [9.17, 15) is 22.8 Å². The Kier molecular flexibility index (Phi) is 6.06. The van der Waals surface area contributed by atoms with Gasteiger partial charge in [0.25, 0.3) is 5.56 Å². The number of carbonyl (C=O) groups excluding carboxylic acids is 1. The summed E-state index contributed by atoms with van der Waals surface area (Å²) in [4.78, 5) is 29.6. The quantitative estimate of drug-likeness (QED) is 0.637. The lowest BCUT2D eigenvalue weighted by atomic mass is 10.1. The summed E-state index contributed by atoms with van der Waals surface area (Å²) in [5.41, 5.74) is -0.895. The van der Waals surface area contributed by atoms with Gasteiger partial charge in [-0.2, -0.15) is 13.2 Å². The summed E-state index contributed by atoms with van der Waals surface area (Å²) in [5, 5.41) is 2.66. The second-order valence-electron chi connectivity index (χ2n) is 7.17. The Labute approximate surface area is 176 Å². The zero-order chi connectivity index (χ0) is 22.9. The fourth-order valence-corrected chi connectivity index (χ4v) is 3.40. The number of rotatable bonds is 5. The molecule has 1 atom stereocenters. The molecule has 1 heterocycles. The highest BCUT2D eigenvalue weighted by atomic mass is 19.4. The van der Waals surface area contributed by atoms with Crippen molar-refractivity contribution in [2.45, 2.75) is 39.4 Å². The molecule has 31 heavy (non-hydrogen) atoms. The summed E-state index contributed by atoms with van der Waals surface area (Å²) in [6.45, 7) is 5.14. The van der Waals surface area contributed by atoms with Crippen LogP contribution in [0.15, 0.2) is 41.2 Å². The predicted octanol–water partition coefficient (Wildman–Crippen LogP) is 4.63. The normalized spacial score (nSPS) is 12.6. The molecular formula is C22H22F3N3O3. The molecule has 164 valence electrons. The standard InChI is InChI=1S/C22H22F3N3O3/c1-5-16(20(29)27-14-8-6-7-9-18(14)31-4)28-17-11-13(3)12(2)10-15(17)26-19(21(28)30)22(23,24)25/h6-11,16H,5H2,1-4H3,(H,27,29)/t16-/m1/s1. The first-order valence-corrected chi connectivity index (χ1v) is 9.63. The first kappa shape index (κ1) is 22.3. The van der Waals surface area contributed by atoms with E-state index in [0.717, 1.165) is 15.7 Å². The zero-order valence-corrected chi connectivity index (χ0v) is 17.5. The van der Waals surface area contributed by atoms with Crippen LogP contribution in [0, 0.1) is 13.8 Å². The summed E-state index contributed by atoms with van der Waals surface area (Å²) in [7, 11) is 1.43. The maximum absolute atomic E-state index is 13.6. The lowest BCUT2D eigenvalue weighted by molar-refractivity contribution is -0.142. The highest BCUT2D eigenvalue weighted by molar-refractivity contribution is 5.96. The second-order valence-corrected chi connectivity index (χ2v) is 7.17. The first-order valence-electron chi connectivity index (χ1n) is 9.63. The number of hydrogen-bond acceptors (Lipinski definition) is 4. The van der Waals surface area contributed by atoms with Gasteiger partial charge in [-0.05, 0) is 55.7 Å². The van der Waals surface area contributed by atoms with E-state index < -0.39 is 29.4 Å². The fourth-order valence-electron chi connectivity index (χ4n) is 3.40. The van der Waals surface area contributed by atoms with E-state index in [-0.39, 0.29) is 17.5 Å². The Bertz CT molecular complexity index is 1200. The average molecular weight is 433 g/mol. The highest BCUT2D eigenvalue weighted by Crippen LogP contribution is 2.30. The van der Waals surface area contributed by atoms with Crippen molar-refractivity contribution in [1.29, 1.82) is 0 Å². The molecule has 0 aliphatic heterocycles. The molecule has 2 aromatic carbocycles. The fraction of sp³-hybridized carbons (Fsp3) is 0.318. The number of para-hydroxylation sites is 2. The van der Waals surface area contributed by atoms with Crippen LogP contribution in [0.4, 0.5) is 18.9 Å². The van der Waals surface area contributed by atoms with Crippen LogP contribution in [-0.2, 0) is 11.0 Å². The van der Waals surface area contributed by atoms with Crippen LogP contribution in [0.3, 0.4) is 0 Å². The Hall–Kier alpha value is -3.36. The number of aromatic nitrogens is 2. The molecule has 0 spiro atoms. The van der Waals surface area contributed by atoms with E-state index in [1.165, 1.54) is 13.2 Å². The zero-order valence-electron chi connectivity index (χ0n) is 17.5. The van der Waals surface area contributed by atoms with Gasteiger partial charge in [-0.3, -0.25) is 14.2 Å². The van der Waals surface area contributed by atoms with Gasteiger partial charge in [-0.1, -0.05) is 19.1 Å². The molecular weight excluding hydrogens is 411 g/mol. The average Bonchev–Trinajstić information content (AvgIpc) is 2.71. The summed E-state index contributed by atoms with van der Waals surface area (Å²) < 4.78 is 46.8. The number of fused-ring (bicyclic) bond motifs is 1. The Morgan fingerprint density at radius 2 is 1.84 bits per heavy atom. The SMILES string of the molecule is CC[C@H](C(=O)Nc1ccccc1OC)n1c(=O)c(C(F)(F)F)nc2cc(C)c(C)cc21. The van der Waals surface area contributed by atoms with Crippen LogP contribution in [0.5, 0.6) is 5.75 Å². The maximum atomic E-state index is 13.6.